The second kappa shape index (κ2) is 17.4. The largest absolute Gasteiger partial charge is 0.478 e. The van der Waals surface area contributed by atoms with Crippen LogP contribution < -0.4 is 16.4 Å². The van der Waals surface area contributed by atoms with Crippen molar-refractivity contribution < 1.29 is 24.3 Å². The highest BCUT2D eigenvalue weighted by Gasteiger charge is 2.34. The molecule has 0 unspecified atom stereocenters. The van der Waals surface area contributed by atoms with Crippen LogP contribution in [0.5, 0.6) is 0 Å². The SMILES string of the molecule is Cc1sc2c(c1C)C(c1ccc(Cl)cc1)=N[C@@H](CC(=O)N1CCC(C(=O)NCCC(=O)Nc3ccc(C(=O)O)c(C#CCN)c3)CC1)c1nnc(C)n1-2.Cl. The lowest BCUT2D eigenvalue weighted by atomic mass is 9.95. The Hall–Kier alpha value is -5.07. The Labute approximate surface area is 327 Å². The number of anilines is 1. The number of hydrogen-bond donors (Lipinski definition) is 4. The summed E-state index contributed by atoms with van der Waals surface area (Å²) in [7, 11) is 0. The van der Waals surface area contributed by atoms with Crippen LogP contribution in [-0.4, -0.2) is 80.4 Å². The van der Waals surface area contributed by atoms with Crippen LogP contribution in [-0.2, 0) is 14.4 Å². The van der Waals surface area contributed by atoms with Gasteiger partial charge in [0, 0.05) is 64.3 Å². The monoisotopic (exact) mass is 790 g/mol. The van der Waals surface area contributed by atoms with Crippen LogP contribution in [0.3, 0.4) is 0 Å². The summed E-state index contributed by atoms with van der Waals surface area (Å²) < 4.78 is 2.02. The number of thiophene rings is 1. The van der Waals surface area contributed by atoms with Crippen molar-refractivity contribution in [3.63, 3.8) is 0 Å². The van der Waals surface area contributed by atoms with Gasteiger partial charge in [0.15, 0.2) is 5.82 Å². The van der Waals surface area contributed by atoms with E-state index in [2.05, 4.69) is 46.5 Å². The van der Waals surface area contributed by atoms with E-state index in [-0.39, 0.29) is 73.1 Å². The Kier molecular flexibility index (Phi) is 12.9. The van der Waals surface area contributed by atoms with Gasteiger partial charge in [0.25, 0.3) is 0 Å². The second-order valence-electron chi connectivity index (χ2n) is 12.9. The number of amides is 3. The number of likely N-dealkylation sites (tertiary alicyclic amines) is 1. The number of halogens is 2. The molecular formula is C38H40Cl2N8O5S. The zero-order chi connectivity index (χ0) is 37.8. The van der Waals surface area contributed by atoms with Gasteiger partial charge in [-0.1, -0.05) is 35.6 Å². The van der Waals surface area contributed by atoms with Crippen molar-refractivity contribution in [2.24, 2.45) is 16.6 Å². The fraction of sp³-hybridized carbons (Fsp3) is 0.342. The van der Waals surface area contributed by atoms with Crippen LogP contribution in [0.25, 0.3) is 5.00 Å². The molecule has 1 fully saturated rings. The number of carbonyl (C=O) groups is 4. The first-order valence-electron chi connectivity index (χ1n) is 17.2. The third kappa shape index (κ3) is 8.66. The minimum atomic E-state index is -1.14. The summed E-state index contributed by atoms with van der Waals surface area (Å²) in [6.45, 7) is 7.07. The predicted molar refractivity (Wildman–Crippen MR) is 210 cm³/mol. The van der Waals surface area contributed by atoms with Gasteiger partial charge in [-0.25, -0.2) is 4.79 Å². The number of fused-ring (bicyclic) bond motifs is 3. The molecule has 1 atom stereocenters. The van der Waals surface area contributed by atoms with E-state index in [4.69, 9.17) is 22.3 Å². The number of carboxylic acids is 1. The fourth-order valence-corrected chi connectivity index (χ4v) is 7.88. The second-order valence-corrected chi connectivity index (χ2v) is 14.6. The van der Waals surface area contributed by atoms with E-state index >= 15 is 0 Å². The van der Waals surface area contributed by atoms with Crippen molar-refractivity contribution in [3.05, 3.63) is 91.8 Å². The zero-order valence-electron chi connectivity index (χ0n) is 29.9. The normalized spacial score (nSPS) is 15.0. The number of nitrogens with zero attached hydrogens (tertiary/aromatic N) is 5. The van der Waals surface area contributed by atoms with Gasteiger partial charge in [-0.2, -0.15) is 0 Å². The Morgan fingerprint density at radius 1 is 1.06 bits per heavy atom. The maximum Gasteiger partial charge on any atom is 0.336 e. The highest BCUT2D eigenvalue weighted by molar-refractivity contribution is 7.15. The quantitative estimate of drug-likeness (QED) is 0.171. The van der Waals surface area contributed by atoms with E-state index in [1.54, 1.807) is 16.2 Å². The molecule has 2 aliphatic rings. The van der Waals surface area contributed by atoms with E-state index in [9.17, 15) is 24.3 Å². The van der Waals surface area contributed by atoms with Gasteiger partial charge in [0.1, 0.15) is 16.9 Å². The highest BCUT2D eigenvalue weighted by Crippen LogP contribution is 2.40. The van der Waals surface area contributed by atoms with Crippen molar-refractivity contribution in [2.75, 3.05) is 31.5 Å². The maximum atomic E-state index is 13.8. The molecule has 2 aromatic heterocycles. The Balaban J connectivity index is 0.00000561. The van der Waals surface area contributed by atoms with E-state index in [1.807, 2.05) is 35.8 Å². The summed E-state index contributed by atoms with van der Waals surface area (Å²) in [6, 6.07) is 11.3. The Morgan fingerprint density at radius 3 is 2.46 bits per heavy atom. The molecule has 282 valence electrons. The molecule has 0 radical (unpaired) electrons. The summed E-state index contributed by atoms with van der Waals surface area (Å²) in [5, 5.41) is 25.4. The zero-order valence-corrected chi connectivity index (χ0v) is 32.3. The number of aromatic nitrogens is 3. The number of hydrogen-bond acceptors (Lipinski definition) is 9. The van der Waals surface area contributed by atoms with E-state index < -0.39 is 12.0 Å². The van der Waals surface area contributed by atoms with Gasteiger partial charge in [0.05, 0.1) is 24.2 Å². The average Bonchev–Trinajstić information content (AvgIpc) is 3.62. The molecule has 13 nitrogen and oxygen atoms in total. The number of carboxylic acid groups (broad SMARTS) is 1. The van der Waals surface area contributed by atoms with Crippen LogP contribution in [0.1, 0.15) is 80.9 Å². The predicted octanol–water partition coefficient (Wildman–Crippen LogP) is 5.00. The molecule has 6 rings (SSSR count). The minimum absolute atomic E-state index is 0. The minimum Gasteiger partial charge on any atom is -0.478 e. The lowest BCUT2D eigenvalue weighted by Gasteiger charge is -2.32. The molecular weight excluding hydrogens is 751 g/mol. The van der Waals surface area contributed by atoms with Crippen molar-refractivity contribution in [1.29, 1.82) is 0 Å². The third-order valence-corrected chi connectivity index (χ3v) is 10.9. The topological polar surface area (TPSA) is 185 Å². The molecule has 5 N–H and O–H groups in total. The number of rotatable bonds is 9. The first-order chi connectivity index (χ1) is 25.4. The molecule has 2 aromatic carbocycles. The van der Waals surface area contributed by atoms with E-state index in [0.717, 1.165) is 32.3 Å². The number of aliphatic imine (C=N–C) groups is 1. The molecule has 4 heterocycles. The lowest BCUT2D eigenvalue weighted by molar-refractivity contribution is -0.136. The first-order valence-corrected chi connectivity index (χ1v) is 18.4. The smallest absolute Gasteiger partial charge is 0.336 e. The Bertz CT molecular complexity index is 2180. The Morgan fingerprint density at radius 2 is 1.78 bits per heavy atom. The molecule has 16 heteroatoms. The van der Waals surface area contributed by atoms with Crippen LogP contribution in [0, 0.1) is 38.5 Å². The molecule has 54 heavy (non-hydrogen) atoms. The average molecular weight is 792 g/mol. The number of aryl methyl sites for hydroxylation is 2. The van der Waals surface area contributed by atoms with E-state index in [0.29, 0.717) is 48.3 Å². The summed E-state index contributed by atoms with van der Waals surface area (Å²) in [4.78, 5) is 59.0. The van der Waals surface area contributed by atoms with Crippen LogP contribution >= 0.6 is 35.3 Å². The maximum absolute atomic E-state index is 13.8. The molecule has 0 spiro atoms. The number of nitrogens with one attached hydrogen (secondary N) is 2. The summed E-state index contributed by atoms with van der Waals surface area (Å²) >= 11 is 7.88. The molecule has 2 aliphatic heterocycles. The molecule has 0 bridgehead atoms. The van der Waals surface area contributed by atoms with Crippen LogP contribution in [0.4, 0.5) is 5.69 Å². The standard InChI is InChI=1S/C38H39ClN8O5S.ClH/c1-21-22(2)53-37-33(21)34(24-6-8-27(39)9-7-24)43-30(35-45-44-23(3)47(35)37)20-32(49)46-17-13-25(14-18-46)36(50)41-16-12-31(48)42-28-10-11-29(38(51)52)26(19-28)5-4-15-40;/h6-11,19,25,30H,12-18,20,40H2,1-3H3,(H,41,50)(H,42,48)(H,51,52);1H/t30-;/m0./s1. The molecule has 4 aromatic rings. The van der Waals surface area contributed by atoms with Crippen molar-refractivity contribution in [1.82, 2.24) is 25.0 Å². The summed E-state index contributed by atoms with van der Waals surface area (Å²) in [5.74, 6) is 4.63. The summed E-state index contributed by atoms with van der Waals surface area (Å²) in [6.07, 6.45) is 1.08. The molecule has 1 saturated heterocycles. The van der Waals surface area contributed by atoms with Gasteiger partial charge >= 0.3 is 5.97 Å². The number of aromatic carboxylic acids is 1. The van der Waals surface area contributed by atoms with Crippen LogP contribution in [0.2, 0.25) is 5.02 Å². The number of benzene rings is 2. The van der Waals surface area contributed by atoms with Gasteiger partial charge in [-0.3, -0.25) is 23.9 Å². The van der Waals surface area contributed by atoms with Gasteiger partial charge in [-0.15, -0.1) is 33.9 Å². The summed E-state index contributed by atoms with van der Waals surface area (Å²) in [5.41, 5.74) is 9.83. The van der Waals surface area contributed by atoms with E-state index in [1.165, 1.54) is 18.2 Å². The number of carbonyl (C=O) groups excluding carboxylic acids is 3. The third-order valence-electron chi connectivity index (χ3n) is 9.45. The van der Waals surface area contributed by atoms with Gasteiger partial charge < -0.3 is 26.4 Å². The number of piperidine rings is 1. The molecule has 0 aliphatic carbocycles. The number of nitrogens with two attached hydrogens (primary N) is 1. The molecule has 0 saturated carbocycles. The highest BCUT2D eigenvalue weighted by atomic mass is 35.5. The van der Waals surface area contributed by atoms with Crippen molar-refractivity contribution in [2.45, 2.75) is 52.5 Å². The molecule has 3 amide bonds. The van der Waals surface area contributed by atoms with Crippen molar-refractivity contribution >= 4 is 70.4 Å². The lowest BCUT2D eigenvalue weighted by Crippen LogP contribution is -2.43. The van der Waals surface area contributed by atoms with Gasteiger partial charge in [0.2, 0.25) is 17.7 Å². The van der Waals surface area contributed by atoms with Crippen LogP contribution in [0.15, 0.2) is 47.5 Å². The fourth-order valence-electron chi connectivity index (χ4n) is 6.54. The first kappa shape index (κ1) is 40.1. The van der Waals surface area contributed by atoms with Gasteiger partial charge in [-0.05, 0) is 69.5 Å². The van der Waals surface area contributed by atoms with Crippen molar-refractivity contribution in [3.8, 4) is 16.8 Å².